The van der Waals surface area contributed by atoms with Gasteiger partial charge < -0.3 is 9.73 Å². The Balaban J connectivity index is 1.24. The molecule has 2 aromatic carbocycles. The topological polar surface area (TPSA) is 58.4 Å². The number of benzene rings is 2. The van der Waals surface area contributed by atoms with E-state index >= 15 is 0 Å². The van der Waals surface area contributed by atoms with Gasteiger partial charge in [-0.3, -0.25) is 9.69 Å². The molecule has 2 heterocycles. The number of amides is 1. The van der Waals surface area contributed by atoms with Crippen LogP contribution in [0.25, 0.3) is 11.5 Å². The van der Waals surface area contributed by atoms with Crippen molar-refractivity contribution in [2.45, 2.75) is 32.9 Å². The highest BCUT2D eigenvalue weighted by Crippen LogP contribution is 2.22. The molecule has 1 aromatic heterocycles. The molecule has 1 aliphatic rings. The first-order chi connectivity index (χ1) is 14.6. The van der Waals surface area contributed by atoms with Gasteiger partial charge in [0.2, 0.25) is 11.8 Å². The van der Waals surface area contributed by atoms with Crippen LogP contribution in [0.1, 0.15) is 29.7 Å². The highest BCUT2D eigenvalue weighted by atomic mass is 19.1. The van der Waals surface area contributed by atoms with E-state index in [-0.39, 0.29) is 17.6 Å². The molecule has 4 rings (SSSR count). The second-order valence-corrected chi connectivity index (χ2v) is 7.86. The van der Waals surface area contributed by atoms with Crippen LogP contribution < -0.4 is 5.32 Å². The Bertz CT molecular complexity index is 995. The summed E-state index contributed by atoms with van der Waals surface area (Å²) in [6, 6.07) is 14.9. The zero-order valence-electron chi connectivity index (χ0n) is 17.1. The molecule has 0 radical (unpaired) electrons. The summed E-state index contributed by atoms with van der Waals surface area (Å²) in [4.78, 5) is 19.4. The van der Waals surface area contributed by atoms with Gasteiger partial charge in [0.1, 0.15) is 12.1 Å². The molecule has 1 saturated heterocycles. The molecular formula is C24H26FN3O2. The number of nitrogens with one attached hydrogen (secondary N) is 1. The van der Waals surface area contributed by atoms with Gasteiger partial charge in [-0.1, -0.05) is 30.3 Å². The van der Waals surface area contributed by atoms with E-state index in [1.165, 1.54) is 6.07 Å². The van der Waals surface area contributed by atoms with E-state index in [1.807, 2.05) is 36.4 Å². The summed E-state index contributed by atoms with van der Waals surface area (Å²) >= 11 is 0. The minimum Gasteiger partial charge on any atom is -0.444 e. The Hall–Kier alpha value is -2.99. The van der Waals surface area contributed by atoms with Crippen molar-refractivity contribution in [2.75, 3.05) is 13.1 Å². The lowest BCUT2D eigenvalue weighted by atomic mass is 9.95. The summed E-state index contributed by atoms with van der Waals surface area (Å²) in [5.74, 6) is 0.433. The second kappa shape index (κ2) is 9.22. The molecule has 0 bridgehead atoms. The number of likely N-dealkylation sites (tertiary alicyclic amines) is 1. The number of halogens is 1. The summed E-state index contributed by atoms with van der Waals surface area (Å²) in [7, 11) is 0. The van der Waals surface area contributed by atoms with Crippen molar-refractivity contribution >= 4 is 5.91 Å². The van der Waals surface area contributed by atoms with E-state index in [2.05, 4.69) is 15.2 Å². The molecule has 1 fully saturated rings. The molecule has 0 spiro atoms. The van der Waals surface area contributed by atoms with Gasteiger partial charge >= 0.3 is 0 Å². The summed E-state index contributed by atoms with van der Waals surface area (Å²) in [5.41, 5.74) is 3.26. The number of carbonyl (C=O) groups excluding carboxylic acids is 1. The van der Waals surface area contributed by atoms with Crippen LogP contribution >= 0.6 is 0 Å². The van der Waals surface area contributed by atoms with Gasteiger partial charge in [0.15, 0.2) is 0 Å². The van der Waals surface area contributed by atoms with E-state index in [4.69, 9.17) is 4.42 Å². The lowest BCUT2D eigenvalue weighted by molar-refractivity contribution is -0.126. The van der Waals surface area contributed by atoms with Crippen molar-refractivity contribution in [1.82, 2.24) is 15.2 Å². The molecule has 6 heteroatoms. The van der Waals surface area contributed by atoms with E-state index in [1.54, 1.807) is 19.3 Å². The molecule has 1 N–H and O–H groups in total. The molecule has 0 saturated carbocycles. The van der Waals surface area contributed by atoms with Crippen LogP contribution in [-0.2, 0) is 17.9 Å². The zero-order valence-corrected chi connectivity index (χ0v) is 17.1. The average Bonchev–Trinajstić information content (AvgIpc) is 3.24. The Morgan fingerprint density at radius 1 is 1.20 bits per heavy atom. The van der Waals surface area contributed by atoms with Crippen molar-refractivity contribution in [1.29, 1.82) is 0 Å². The number of hydrogen-bond donors (Lipinski definition) is 1. The maximum absolute atomic E-state index is 13.6. The summed E-state index contributed by atoms with van der Waals surface area (Å²) in [6.45, 7) is 4.48. The fourth-order valence-electron chi connectivity index (χ4n) is 3.76. The molecule has 0 unspecified atom stereocenters. The fourth-order valence-corrected chi connectivity index (χ4v) is 3.76. The number of carbonyl (C=O) groups is 1. The highest BCUT2D eigenvalue weighted by Gasteiger charge is 2.25. The standard InChI is InChI=1S/C24H26FN3O2/c1-17-7-8-18(13-22(17)25)14-26-23(29)19-9-11-28(12-10-19)15-21-16-30-24(27-21)20-5-3-2-4-6-20/h2-8,13,16,19H,9-12,14-15H2,1H3,(H,26,29). The predicted octanol–water partition coefficient (Wildman–Crippen LogP) is 4.32. The Morgan fingerprint density at radius 2 is 1.97 bits per heavy atom. The molecule has 0 aliphatic carbocycles. The first kappa shape index (κ1) is 20.3. The van der Waals surface area contributed by atoms with E-state index < -0.39 is 0 Å². The number of aromatic nitrogens is 1. The van der Waals surface area contributed by atoms with Crippen molar-refractivity contribution < 1.29 is 13.6 Å². The zero-order chi connectivity index (χ0) is 20.9. The van der Waals surface area contributed by atoms with Crippen LogP contribution in [-0.4, -0.2) is 28.9 Å². The van der Waals surface area contributed by atoms with E-state index in [0.29, 0.717) is 24.5 Å². The lowest BCUT2D eigenvalue weighted by Gasteiger charge is -2.30. The summed E-state index contributed by atoms with van der Waals surface area (Å²) in [5, 5.41) is 2.95. The Morgan fingerprint density at radius 3 is 2.70 bits per heavy atom. The first-order valence-corrected chi connectivity index (χ1v) is 10.3. The van der Waals surface area contributed by atoms with Gasteiger partial charge in [-0.15, -0.1) is 0 Å². The number of rotatable bonds is 6. The van der Waals surface area contributed by atoms with Crippen LogP contribution in [0.5, 0.6) is 0 Å². The fraction of sp³-hybridized carbons (Fsp3) is 0.333. The third-order valence-electron chi connectivity index (χ3n) is 5.62. The van der Waals surface area contributed by atoms with Crippen LogP contribution in [0.15, 0.2) is 59.2 Å². The van der Waals surface area contributed by atoms with Crippen LogP contribution in [0.3, 0.4) is 0 Å². The normalized spacial score (nSPS) is 15.3. The third-order valence-corrected chi connectivity index (χ3v) is 5.62. The second-order valence-electron chi connectivity index (χ2n) is 7.86. The molecule has 156 valence electrons. The van der Waals surface area contributed by atoms with Gasteiger partial charge in [-0.2, -0.15) is 0 Å². The maximum atomic E-state index is 13.6. The van der Waals surface area contributed by atoms with Crippen LogP contribution in [0.4, 0.5) is 4.39 Å². The van der Waals surface area contributed by atoms with Crippen molar-refractivity contribution in [3.63, 3.8) is 0 Å². The molecule has 0 atom stereocenters. The van der Waals surface area contributed by atoms with Crippen molar-refractivity contribution in [3.05, 3.63) is 77.4 Å². The number of piperidine rings is 1. The number of hydrogen-bond acceptors (Lipinski definition) is 4. The van der Waals surface area contributed by atoms with Gasteiger partial charge in [0.05, 0.1) is 5.69 Å². The highest BCUT2D eigenvalue weighted by molar-refractivity contribution is 5.78. The quantitative estimate of drug-likeness (QED) is 0.661. The molecular weight excluding hydrogens is 381 g/mol. The van der Waals surface area contributed by atoms with Crippen LogP contribution in [0, 0.1) is 18.7 Å². The summed E-state index contributed by atoms with van der Waals surface area (Å²) < 4.78 is 19.3. The van der Waals surface area contributed by atoms with Gasteiger partial charge in [-0.25, -0.2) is 9.37 Å². The third kappa shape index (κ3) is 4.94. The number of nitrogens with zero attached hydrogens (tertiary/aromatic N) is 2. The van der Waals surface area contributed by atoms with Gasteiger partial charge in [0.25, 0.3) is 0 Å². The SMILES string of the molecule is Cc1ccc(CNC(=O)C2CCN(Cc3coc(-c4ccccc4)n3)CC2)cc1F. The largest absolute Gasteiger partial charge is 0.444 e. The molecule has 5 nitrogen and oxygen atoms in total. The van der Waals surface area contributed by atoms with Crippen molar-refractivity contribution in [3.8, 4) is 11.5 Å². The molecule has 3 aromatic rings. The Labute approximate surface area is 175 Å². The first-order valence-electron chi connectivity index (χ1n) is 10.3. The van der Waals surface area contributed by atoms with Crippen LogP contribution in [0.2, 0.25) is 0 Å². The smallest absolute Gasteiger partial charge is 0.226 e. The van der Waals surface area contributed by atoms with E-state index in [9.17, 15) is 9.18 Å². The lowest BCUT2D eigenvalue weighted by Crippen LogP contribution is -2.40. The Kier molecular flexibility index (Phi) is 6.23. The van der Waals surface area contributed by atoms with E-state index in [0.717, 1.165) is 42.8 Å². The summed E-state index contributed by atoms with van der Waals surface area (Å²) in [6.07, 6.45) is 3.32. The average molecular weight is 407 g/mol. The van der Waals surface area contributed by atoms with Crippen molar-refractivity contribution in [2.24, 2.45) is 5.92 Å². The van der Waals surface area contributed by atoms with Gasteiger partial charge in [-0.05, 0) is 62.2 Å². The molecule has 30 heavy (non-hydrogen) atoms. The number of oxazole rings is 1. The maximum Gasteiger partial charge on any atom is 0.226 e. The molecule has 1 amide bonds. The van der Waals surface area contributed by atoms with Gasteiger partial charge in [0, 0.05) is 24.6 Å². The monoisotopic (exact) mass is 407 g/mol. The molecule has 1 aliphatic heterocycles. The minimum atomic E-state index is -0.238. The predicted molar refractivity (Wildman–Crippen MR) is 113 cm³/mol. The number of aryl methyl sites for hydroxylation is 1. The minimum absolute atomic E-state index is 0.00580.